The first kappa shape index (κ1) is 17.5. The van der Waals surface area contributed by atoms with Gasteiger partial charge in [-0.05, 0) is 51.3 Å². The van der Waals surface area contributed by atoms with E-state index < -0.39 is 11.3 Å². The molecule has 2 heterocycles. The maximum Gasteiger partial charge on any atom is 0.312 e. The van der Waals surface area contributed by atoms with Crippen LogP contribution in [0.3, 0.4) is 0 Å². The summed E-state index contributed by atoms with van der Waals surface area (Å²) in [6, 6.07) is 1.07. The zero-order valence-corrected chi connectivity index (χ0v) is 14.9. The van der Waals surface area contributed by atoms with Crippen LogP contribution in [0.25, 0.3) is 0 Å². The van der Waals surface area contributed by atoms with E-state index in [1.807, 2.05) is 25.2 Å². The van der Waals surface area contributed by atoms with Gasteiger partial charge in [-0.25, -0.2) is 0 Å². The molecule has 5 nitrogen and oxygen atoms in total. The van der Waals surface area contributed by atoms with Crippen LogP contribution in [0, 0.1) is 11.3 Å². The standard InChI is InChI=1S/C19H29NO4/c1-19(8-6-15(23-3)7-9-19)17(12-21)18(22)24-16-10-13-4-5-14(11-16)20(13)2/h6-8,13-14,16-17,21H,4-5,9-12H2,1-3H3/t13?,14?,16?,17-,19?/m0/s1. The molecule has 24 heavy (non-hydrogen) atoms. The van der Waals surface area contributed by atoms with Crippen LogP contribution in [0.2, 0.25) is 0 Å². The number of fused-ring (bicyclic) bond motifs is 2. The number of hydrogen-bond acceptors (Lipinski definition) is 5. The van der Waals surface area contributed by atoms with Gasteiger partial charge in [0.15, 0.2) is 0 Å². The number of rotatable bonds is 5. The summed E-state index contributed by atoms with van der Waals surface area (Å²) in [5, 5.41) is 9.83. The molecule has 0 aromatic carbocycles. The number of piperidine rings is 1. The van der Waals surface area contributed by atoms with Crippen LogP contribution in [-0.2, 0) is 14.3 Å². The van der Waals surface area contributed by atoms with Crippen molar-refractivity contribution in [3.63, 3.8) is 0 Å². The van der Waals surface area contributed by atoms with Gasteiger partial charge in [0.1, 0.15) is 11.9 Å². The van der Waals surface area contributed by atoms with Gasteiger partial charge >= 0.3 is 5.97 Å². The Balaban J connectivity index is 1.63. The van der Waals surface area contributed by atoms with Crippen LogP contribution < -0.4 is 0 Å². The highest BCUT2D eigenvalue weighted by molar-refractivity contribution is 5.74. The molecule has 1 N–H and O–H groups in total. The molecule has 0 aromatic rings. The number of allylic oxidation sites excluding steroid dienone is 3. The third-order valence-electron chi connectivity index (χ3n) is 6.21. The number of carbonyl (C=O) groups is 1. The van der Waals surface area contributed by atoms with Crippen molar-refractivity contribution in [2.24, 2.45) is 11.3 Å². The summed E-state index contributed by atoms with van der Waals surface area (Å²) in [7, 11) is 3.80. The average Bonchev–Trinajstić information content (AvgIpc) is 2.77. The topological polar surface area (TPSA) is 59.0 Å². The Morgan fingerprint density at radius 2 is 2.08 bits per heavy atom. The molecular formula is C19H29NO4. The van der Waals surface area contributed by atoms with Gasteiger partial charge in [-0.15, -0.1) is 0 Å². The van der Waals surface area contributed by atoms with Crippen molar-refractivity contribution in [3.8, 4) is 0 Å². The normalized spacial score (nSPS) is 37.0. The molecule has 2 fully saturated rings. The van der Waals surface area contributed by atoms with Crippen molar-refractivity contribution in [3.05, 3.63) is 24.0 Å². The minimum absolute atomic E-state index is 0.0125. The third kappa shape index (κ3) is 3.24. The molecule has 4 atom stereocenters. The highest BCUT2D eigenvalue weighted by atomic mass is 16.5. The van der Waals surface area contributed by atoms with Crippen molar-refractivity contribution in [2.75, 3.05) is 20.8 Å². The number of aliphatic hydroxyl groups excluding tert-OH is 1. The second kappa shape index (κ2) is 6.89. The Morgan fingerprint density at radius 1 is 1.42 bits per heavy atom. The van der Waals surface area contributed by atoms with E-state index >= 15 is 0 Å². The number of carbonyl (C=O) groups excluding carboxylic acids is 1. The Hall–Kier alpha value is -1.33. The number of ether oxygens (including phenoxy) is 2. The summed E-state index contributed by atoms with van der Waals surface area (Å²) >= 11 is 0. The van der Waals surface area contributed by atoms with E-state index in [1.54, 1.807) is 7.11 Å². The van der Waals surface area contributed by atoms with E-state index in [0.29, 0.717) is 18.5 Å². The fourth-order valence-electron chi connectivity index (χ4n) is 4.40. The third-order valence-corrected chi connectivity index (χ3v) is 6.21. The molecule has 0 amide bonds. The van der Waals surface area contributed by atoms with Gasteiger partial charge in [-0.2, -0.15) is 0 Å². The quantitative estimate of drug-likeness (QED) is 0.781. The van der Waals surface area contributed by atoms with Crippen molar-refractivity contribution in [2.45, 2.75) is 57.2 Å². The van der Waals surface area contributed by atoms with Gasteiger partial charge in [0.05, 0.1) is 19.6 Å². The molecule has 0 spiro atoms. The SMILES string of the molecule is COC1=CCC(C)([C@@H](CO)C(=O)OC2CC3CCC(C2)N3C)C=C1. The van der Waals surface area contributed by atoms with Gasteiger partial charge in [0, 0.05) is 17.5 Å². The lowest BCUT2D eigenvalue weighted by atomic mass is 9.72. The molecule has 2 bridgehead atoms. The first-order valence-corrected chi connectivity index (χ1v) is 8.93. The number of aliphatic hydroxyl groups is 1. The largest absolute Gasteiger partial charge is 0.497 e. The molecule has 0 aromatic heterocycles. The van der Waals surface area contributed by atoms with E-state index in [2.05, 4.69) is 11.9 Å². The van der Waals surface area contributed by atoms with Gasteiger partial charge < -0.3 is 19.5 Å². The maximum absolute atomic E-state index is 12.7. The zero-order valence-electron chi connectivity index (χ0n) is 14.9. The lowest BCUT2D eigenvalue weighted by Crippen LogP contribution is -2.45. The van der Waals surface area contributed by atoms with Gasteiger partial charge in [0.25, 0.3) is 0 Å². The van der Waals surface area contributed by atoms with E-state index in [9.17, 15) is 9.90 Å². The van der Waals surface area contributed by atoms with Gasteiger partial charge in [0.2, 0.25) is 0 Å². The molecule has 2 saturated heterocycles. The highest BCUT2D eigenvalue weighted by Gasteiger charge is 2.43. The van der Waals surface area contributed by atoms with Gasteiger partial charge in [-0.1, -0.05) is 13.0 Å². The van der Waals surface area contributed by atoms with Crippen molar-refractivity contribution >= 4 is 5.97 Å². The van der Waals surface area contributed by atoms with Crippen LogP contribution in [0.5, 0.6) is 0 Å². The first-order chi connectivity index (χ1) is 11.5. The second-order valence-corrected chi connectivity index (χ2v) is 7.67. The Morgan fingerprint density at radius 3 is 2.58 bits per heavy atom. The fraction of sp³-hybridized carbons (Fsp3) is 0.737. The van der Waals surface area contributed by atoms with Crippen LogP contribution in [-0.4, -0.2) is 54.9 Å². The van der Waals surface area contributed by atoms with Crippen LogP contribution >= 0.6 is 0 Å². The number of hydrogen-bond donors (Lipinski definition) is 1. The molecule has 3 aliphatic rings. The summed E-state index contributed by atoms with van der Waals surface area (Å²) in [6.07, 6.45) is 10.7. The minimum Gasteiger partial charge on any atom is -0.497 e. The predicted molar refractivity (Wildman–Crippen MR) is 91.2 cm³/mol. The van der Waals surface area contributed by atoms with E-state index in [1.165, 1.54) is 12.8 Å². The number of nitrogens with zero attached hydrogens (tertiary/aromatic N) is 1. The minimum atomic E-state index is -0.541. The molecule has 2 aliphatic heterocycles. The van der Waals surface area contributed by atoms with Crippen LogP contribution in [0.1, 0.15) is 39.0 Å². The average molecular weight is 335 g/mol. The van der Waals surface area contributed by atoms with E-state index in [4.69, 9.17) is 9.47 Å². The number of methoxy groups -OCH3 is 1. The Labute approximate surface area is 144 Å². The van der Waals surface area contributed by atoms with Crippen LogP contribution in [0.4, 0.5) is 0 Å². The maximum atomic E-state index is 12.7. The summed E-state index contributed by atoms with van der Waals surface area (Å²) < 4.78 is 11.0. The molecule has 3 rings (SSSR count). The molecule has 0 radical (unpaired) electrons. The zero-order chi connectivity index (χ0) is 17.3. The summed E-state index contributed by atoms with van der Waals surface area (Å²) in [6.45, 7) is 1.79. The molecule has 1 aliphatic carbocycles. The smallest absolute Gasteiger partial charge is 0.312 e. The van der Waals surface area contributed by atoms with Crippen molar-refractivity contribution in [1.82, 2.24) is 4.90 Å². The molecular weight excluding hydrogens is 306 g/mol. The first-order valence-electron chi connectivity index (χ1n) is 8.93. The predicted octanol–water partition coefficient (Wildman–Crippen LogP) is 2.26. The highest BCUT2D eigenvalue weighted by Crippen LogP contribution is 2.40. The summed E-state index contributed by atoms with van der Waals surface area (Å²) in [5.41, 5.74) is -0.432. The molecule has 0 saturated carbocycles. The van der Waals surface area contributed by atoms with E-state index in [-0.39, 0.29) is 18.7 Å². The van der Waals surface area contributed by atoms with E-state index in [0.717, 1.165) is 18.6 Å². The number of esters is 1. The van der Waals surface area contributed by atoms with Crippen molar-refractivity contribution < 1.29 is 19.4 Å². The lowest BCUT2D eigenvalue weighted by Gasteiger charge is -2.38. The second-order valence-electron chi connectivity index (χ2n) is 7.67. The monoisotopic (exact) mass is 335 g/mol. The molecule has 5 heteroatoms. The molecule has 3 unspecified atom stereocenters. The summed E-state index contributed by atoms with van der Waals surface area (Å²) in [4.78, 5) is 15.2. The lowest BCUT2D eigenvalue weighted by molar-refractivity contribution is -0.162. The van der Waals surface area contributed by atoms with Crippen molar-refractivity contribution in [1.29, 1.82) is 0 Å². The molecule has 134 valence electrons. The Kier molecular flexibility index (Phi) is 5.02. The van der Waals surface area contributed by atoms with Crippen LogP contribution in [0.15, 0.2) is 24.0 Å². The van der Waals surface area contributed by atoms with Gasteiger partial charge in [-0.3, -0.25) is 4.79 Å². The Bertz CT molecular complexity index is 529. The fourth-order valence-corrected chi connectivity index (χ4v) is 4.40. The summed E-state index contributed by atoms with van der Waals surface area (Å²) in [5.74, 6) is -0.0157.